The molecule has 3 aromatic rings. The monoisotopic (exact) mass is 463 g/mol. The van der Waals surface area contributed by atoms with Crippen molar-refractivity contribution < 1.29 is 14.4 Å². The van der Waals surface area contributed by atoms with Gasteiger partial charge in [0.1, 0.15) is 18.4 Å². The molecule has 8 nitrogen and oxygen atoms in total. The lowest BCUT2D eigenvalue weighted by Gasteiger charge is -2.21. The van der Waals surface area contributed by atoms with Crippen LogP contribution in [0, 0.1) is 0 Å². The van der Waals surface area contributed by atoms with Gasteiger partial charge in [-0.2, -0.15) is 5.10 Å². The second-order valence-corrected chi connectivity index (χ2v) is 9.37. The maximum atomic E-state index is 13.3. The second kappa shape index (κ2) is 9.19. The van der Waals surface area contributed by atoms with E-state index in [0.717, 1.165) is 41.0 Å². The molecule has 3 heterocycles. The van der Waals surface area contributed by atoms with Crippen molar-refractivity contribution in [2.24, 2.45) is 0 Å². The summed E-state index contributed by atoms with van der Waals surface area (Å²) in [4.78, 5) is 42.8. The fourth-order valence-electron chi connectivity index (χ4n) is 4.63. The number of hydrogen-bond acceptors (Lipinski definition) is 5. The van der Waals surface area contributed by atoms with Crippen molar-refractivity contribution in [2.45, 2.75) is 44.3 Å². The van der Waals surface area contributed by atoms with E-state index in [-0.39, 0.29) is 18.5 Å². The minimum Gasteiger partial charge on any atom is -0.309 e. The zero-order chi connectivity index (χ0) is 22.8. The van der Waals surface area contributed by atoms with Gasteiger partial charge in [-0.05, 0) is 29.9 Å². The van der Waals surface area contributed by atoms with Crippen LogP contribution in [-0.4, -0.2) is 44.0 Å². The Kier molecular flexibility index (Phi) is 5.95. The summed E-state index contributed by atoms with van der Waals surface area (Å²) in [6.07, 6.45) is 6.02. The van der Waals surface area contributed by atoms with Crippen LogP contribution in [0.4, 0.5) is 10.6 Å². The Bertz CT molecular complexity index is 1140. The minimum absolute atomic E-state index is 0.273. The van der Waals surface area contributed by atoms with Crippen molar-refractivity contribution >= 4 is 35.0 Å². The maximum absolute atomic E-state index is 13.3. The third-order valence-electron chi connectivity index (χ3n) is 6.21. The molecule has 33 heavy (non-hydrogen) atoms. The Labute approximate surface area is 195 Å². The summed E-state index contributed by atoms with van der Waals surface area (Å²) in [6, 6.07) is 14.1. The van der Waals surface area contributed by atoms with Crippen molar-refractivity contribution in [3.8, 4) is 0 Å². The van der Waals surface area contributed by atoms with Crippen LogP contribution >= 0.6 is 11.3 Å². The van der Waals surface area contributed by atoms with Gasteiger partial charge in [0.25, 0.3) is 5.91 Å². The molecule has 2 fully saturated rings. The number of urea groups is 1. The number of amides is 4. The second-order valence-electron chi connectivity index (χ2n) is 8.39. The molecule has 0 radical (unpaired) electrons. The zero-order valence-corrected chi connectivity index (χ0v) is 18.9. The van der Waals surface area contributed by atoms with E-state index in [1.165, 1.54) is 11.3 Å². The van der Waals surface area contributed by atoms with Gasteiger partial charge in [-0.25, -0.2) is 9.48 Å². The van der Waals surface area contributed by atoms with Gasteiger partial charge < -0.3 is 10.2 Å². The summed E-state index contributed by atoms with van der Waals surface area (Å²) in [5.74, 6) is -0.192. The highest BCUT2D eigenvalue weighted by Gasteiger charge is 2.47. The number of imide groups is 1. The van der Waals surface area contributed by atoms with Gasteiger partial charge in [0, 0.05) is 17.5 Å². The molecule has 1 N–H and O–H groups in total. The summed E-state index contributed by atoms with van der Waals surface area (Å²) in [5.41, 5.74) is 0.923. The average molecular weight is 464 g/mol. The summed E-state index contributed by atoms with van der Waals surface area (Å²) in [6.45, 7) is -0.0404. The maximum Gasteiger partial charge on any atom is 0.328 e. The molecule has 1 saturated heterocycles. The Balaban J connectivity index is 1.33. The number of carbonyl (C=O) groups is 3. The highest BCUT2D eigenvalue weighted by atomic mass is 32.1. The summed E-state index contributed by atoms with van der Waals surface area (Å²) in [5, 5.41) is 9.10. The first-order valence-electron chi connectivity index (χ1n) is 11.1. The number of nitrogens with one attached hydrogen (secondary N) is 1. The first kappa shape index (κ1) is 21.4. The number of rotatable bonds is 7. The molecule has 2 aliphatic rings. The fraction of sp³-hybridized carbons (Fsp3) is 0.333. The SMILES string of the molecule is O=C(CN1C(=O)[C@@H](c2cccs2)N(Cc2ccccc2)C1=O)Nc1ccnn1C1CCCC1. The van der Waals surface area contributed by atoms with Crippen LogP contribution < -0.4 is 5.32 Å². The molecular formula is C24H25N5O3S. The molecule has 0 unspecified atom stereocenters. The van der Waals surface area contributed by atoms with Crippen LogP contribution in [0.15, 0.2) is 60.1 Å². The van der Waals surface area contributed by atoms with Crippen LogP contribution in [0.5, 0.6) is 0 Å². The summed E-state index contributed by atoms with van der Waals surface area (Å²) in [7, 11) is 0. The molecule has 5 rings (SSSR count). The molecule has 1 atom stereocenters. The van der Waals surface area contributed by atoms with E-state index in [0.29, 0.717) is 12.4 Å². The normalized spacial score (nSPS) is 19.0. The number of aromatic nitrogens is 2. The Hall–Kier alpha value is -3.46. The minimum atomic E-state index is -0.727. The molecule has 1 saturated carbocycles. The lowest BCUT2D eigenvalue weighted by Crippen LogP contribution is -2.39. The standard InChI is InChI=1S/C24H25N5O3S/c30-21(26-20-12-13-25-29(20)18-9-4-5-10-18)16-28-23(31)22(19-11-6-14-33-19)27(24(28)32)15-17-7-2-1-3-8-17/h1-3,6-8,11-14,18,22H,4-5,9-10,15-16H2,(H,26,30)/t22-/m1/s1. The molecule has 2 aromatic heterocycles. The Morgan fingerprint density at radius 3 is 2.58 bits per heavy atom. The predicted octanol–water partition coefficient (Wildman–Crippen LogP) is 4.20. The van der Waals surface area contributed by atoms with E-state index >= 15 is 0 Å². The smallest absolute Gasteiger partial charge is 0.309 e. The van der Waals surface area contributed by atoms with E-state index in [9.17, 15) is 14.4 Å². The number of nitrogens with zero attached hydrogens (tertiary/aromatic N) is 4. The van der Waals surface area contributed by atoms with Crippen molar-refractivity contribution in [1.82, 2.24) is 19.6 Å². The van der Waals surface area contributed by atoms with Crippen molar-refractivity contribution in [3.63, 3.8) is 0 Å². The number of thiophene rings is 1. The van der Waals surface area contributed by atoms with Crippen LogP contribution in [0.3, 0.4) is 0 Å². The molecule has 170 valence electrons. The number of anilines is 1. The van der Waals surface area contributed by atoms with Crippen molar-refractivity contribution in [2.75, 3.05) is 11.9 Å². The molecular weight excluding hydrogens is 438 g/mol. The fourth-order valence-corrected chi connectivity index (χ4v) is 5.45. The topological polar surface area (TPSA) is 87.5 Å². The molecule has 4 amide bonds. The lowest BCUT2D eigenvalue weighted by atomic mass is 10.1. The van der Waals surface area contributed by atoms with E-state index in [1.54, 1.807) is 17.2 Å². The number of hydrogen-bond donors (Lipinski definition) is 1. The van der Waals surface area contributed by atoms with E-state index in [4.69, 9.17) is 0 Å². The molecule has 1 aliphatic carbocycles. The number of benzene rings is 1. The van der Waals surface area contributed by atoms with Gasteiger partial charge in [0.15, 0.2) is 0 Å². The van der Waals surface area contributed by atoms with Gasteiger partial charge >= 0.3 is 6.03 Å². The van der Waals surface area contributed by atoms with Crippen LogP contribution in [0.1, 0.15) is 48.2 Å². The van der Waals surface area contributed by atoms with Gasteiger partial charge in [-0.3, -0.25) is 14.5 Å². The predicted molar refractivity (Wildman–Crippen MR) is 125 cm³/mol. The van der Waals surface area contributed by atoms with Crippen LogP contribution in [-0.2, 0) is 16.1 Å². The zero-order valence-electron chi connectivity index (χ0n) is 18.1. The van der Waals surface area contributed by atoms with Gasteiger partial charge in [0.2, 0.25) is 5.91 Å². The van der Waals surface area contributed by atoms with Crippen molar-refractivity contribution in [3.05, 3.63) is 70.5 Å². The first-order chi connectivity index (χ1) is 16.1. The van der Waals surface area contributed by atoms with Gasteiger partial charge in [-0.1, -0.05) is 49.2 Å². The highest BCUT2D eigenvalue weighted by molar-refractivity contribution is 7.10. The first-order valence-corrected chi connectivity index (χ1v) is 12.0. The van der Waals surface area contributed by atoms with E-state index in [2.05, 4.69) is 10.4 Å². The van der Waals surface area contributed by atoms with Gasteiger partial charge in [0.05, 0.1) is 12.2 Å². The lowest BCUT2D eigenvalue weighted by molar-refractivity contribution is -0.131. The molecule has 1 aliphatic heterocycles. The highest BCUT2D eigenvalue weighted by Crippen LogP contribution is 2.35. The third-order valence-corrected chi connectivity index (χ3v) is 7.13. The Morgan fingerprint density at radius 1 is 1.06 bits per heavy atom. The van der Waals surface area contributed by atoms with Crippen LogP contribution in [0.25, 0.3) is 0 Å². The van der Waals surface area contributed by atoms with Crippen molar-refractivity contribution in [1.29, 1.82) is 0 Å². The molecule has 0 spiro atoms. The van der Waals surface area contributed by atoms with E-state index < -0.39 is 18.0 Å². The molecule has 9 heteroatoms. The van der Waals surface area contributed by atoms with E-state index in [1.807, 2.05) is 52.5 Å². The average Bonchev–Trinajstić information content (AvgIpc) is 3.61. The third kappa shape index (κ3) is 4.28. The Morgan fingerprint density at radius 2 is 1.85 bits per heavy atom. The van der Waals surface area contributed by atoms with Gasteiger partial charge in [-0.15, -0.1) is 11.3 Å². The van der Waals surface area contributed by atoms with Crippen LogP contribution in [0.2, 0.25) is 0 Å². The largest absolute Gasteiger partial charge is 0.328 e. The molecule has 0 bridgehead atoms. The quantitative estimate of drug-likeness (QED) is 0.532. The number of carbonyl (C=O) groups excluding carboxylic acids is 3. The molecule has 1 aromatic carbocycles. The summed E-state index contributed by atoms with van der Waals surface area (Å²) >= 11 is 1.43. The summed E-state index contributed by atoms with van der Waals surface area (Å²) < 4.78 is 1.84.